The molecule has 0 aliphatic carbocycles. The molecule has 2 aromatic rings. The Labute approximate surface area is 109 Å². The summed E-state index contributed by atoms with van der Waals surface area (Å²) in [6.07, 6.45) is 4.68. The highest BCUT2D eigenvalue weighted by molar-refractivity contribution is 9.10. The summed E-state index contributed by atoms with van der Waals surface area (Å²) in [6, 6.07) is 2.01. The molecule has 0 aromatic carbocycles. The van der Waals surface area contributed by atoms with Gasteiger partial charge in [-0.15, -0.1) is 0 Å². The summed E-state index contributed by atoms with van der Waals surface area (Å²) in [5.74, 6) is 0.841. The number of aromatic nitrogens is 3. The first-order valence-corrected chi connectivity index (χ1v) is 6.31. The quantitative estimate of drug-likeness (QED) is 0.945. The van der Waals surface area contributed by atoms with Crippen LogP contribution in [0, 0.1) is 6.92 Å². The second-order valence-corrected chi connectivity index (χ2v) is 4.81. The van der Waals surface area contributed by atoms with Crippen LogP contribution in [0.25, 0.3) is 0 Å². The number of halogens is 1. The lowest BCUT2D eigenvalue weighted by atomic mass is 10.2. The molecule has 0 unspecified atom stereocenters. The van der Waals surface area contributed by atoms with E-state index in [2.05, 4.69) is 38.3 Å². The summed E-state index contributed by atoms with van der Waals surface area (Å²) in [4.78, 5) is 4.32. The second-order valence-electron chi connectivity index (χ2n) is 3.96. The van der Waals surface area contributed by atoms with E-state index in [0.717, 1.165) is 33.7 Å². The molecule has 0 saturated heterocycles. The van der Waals surface area contributed by atoms with Gasteiger partial charge < -0.3 is 5.32 Å². The fourth-order valence-electron chi connectivity index (χ4n) is 1.65. The Kier molecular flexibility index (Phi) is 3.47. The third-order valence-corrected chi connectivity index (χ3v) is 3.38. The van der Waals surface area contributed by atoms with Crippen molar-refractivity contribution in [3.63, 3.8) is 0 Å². The smallest absolute Gasteiger partial charge is 0.130 e. The summed E-state index contributed by atoms with van der Waals surface area (Å²) in [6.45, 7) is 4.13. The van der Waals surface area contributed by atoms with Crippen LogP contribution in [0.15, 0.2) is 22.9 Å². The fraction of sp³-hybridized carbons (Fsp3) is 0.333. The minimum Gasteiger partial charge on any atom is -0.337 e. The van der Waals surface area contributed by atoms with E-state index in [1.807, 2.05) is 30.9 Å². The van der Waals surface area contributed by atoms with Gasteiger partial charge in [0.15, 0.2) is 0 Å². The van der Waals surface area contributed by atoms with Crippen LogP contribution in [-0.4, -0.2) is 14.8 Å². The minimum absolute atomic E-state index is 0.841. The molecular formula is C12H15BrN4. The van der Waals surface area contributed by atoms with Gasteiger partial charge in [0.25, 0.3) is 0 Å². The van der Waals surface area contributed by atoms with E-state index in [1.54, 1.807) is 6.20 Å². The van der Waals surface area contributed by atoms with Gasteiger partial charge >= 0.3 is 0 Å². The molecular weight excluding hydrogens is 280 g/mol. The molecule has 90 valence electrons. The first-order valence-electron chi connectivity index (χ1n) is 5.52. The van der Waals surface area contributed by atoms with E-state index in [0.29, 0.717) is 0 Å². The Bertz CT molecular complexity index is 533. The summed E-state index contributed by atoms with van der Waals surface area (Å²) in [5.41, 5.74) is 3.23. The summed E-state index contributed by atoms with van der Waals surface area (Å²) >= 11 is 3.44. The van der Waals surface area contributed by atoms with Gasteiger partial charge in [0, 0.05) is 23.9 Å². The number of hydrogen-bond acceptors (Lipinski definition) is 3. The van der Waals surface area contributed by atoms with Crippen LogP contribution in [0.2, 0.25) is 0 Å². The zero-order valence-corrected chi connectivity index (χ0v) is 11.7. The molecule has 0 bridgehead atoms. The zero-order valence-electron chi connectivity index (χ0n) is 10.2. The van der Waals surface area contributed by atoms with Gasteiger partial charge in [-0.1, -0.05) is 6.92 Å². The Morgan fingerprint density at radius 3 is 2.88 bits per heavy atom. The number of aryl methyl sites for hydroxylation is 3. The molecule has 2 rings (SSSR count). The average molecular weight is 295 g/mol. The number of pyridine rings is 1. The topological polar surface area (TPSA) is 42.7 Å². The molecule has 0 aliphatic rings. The molecule has 17 heavy (non-hydrogen) atoms. The first-order chi connectivity index (χ1) is 8.10. The van der Waals surface area contributed by atoms with Crippen LogP contribution < -0.4 is 5.32 Å². The van der Waals surface area contributed by atoms with E-state index >= 15 is 0 Å². The van der Waals surface area contributed by atoms with Crippen molar-refractivity contribution >= 4 is 27.4 Å². The Morgan fingerprint density at radius 1 is 1.47 bits per heavy atom. The Morgan fingerprint density at radius 2 is 2.24 bits per heavy atom. The second kappa shape index (κ2) is 4.87. The third-order valence-electron chi connectivity index (χ3n) is 2.55. The molecule has 2 aromatic heterocycles. The number of rotatable bonds is 3. The highest BCUT2D eigenvalue weighted by atomic mass is 79.9. The lowest BCUT2D eigenvalue weighted by Gasteiger charge is -2.06. The van der Waals surface area contributed by atoms with E-state index in [1.165, 1.54) is 0 Å². The summed E-state index contributed by atoms with van der Waals surface area (Å²) in [7, 11) is 1.92. The number of hydrogen-bond donors (Lipinski definition) is 1. The van der Waals surface area contributed by atoms with Crippen LogP contribution in [0.1, 0.15) is 18.2 Å². The van der Waals surface area contributed by atoms with Crippen LogP contribution in [0.4, 0.5) is 11.5 Å². The van der Waals surface area contributed by atoms with Crippen molar-refractivity contribution in [3.05, 3.63) is 34.2 Å². The SMILES string of the molecule is CCc1nn(C)cc1Nc1cc(C)c(Br)cn1. The maximum Gasteiger partial charge on any atom is 0.130 e. The summed E-state index contributed by atoms with van der Waals surface area (Å²) in [5, 5.41) is 7.68. The van der Waals surface area contributed by atoms with Gasteiger partial charge in [0.1, 0.15) is 5.82 Å². The van der Waals surface area contributed by atoms with E-state index < -0.39 is 0 Å². The van der Waals surface area contributed by atoms with Crippen molar-refractivity contribution in [1.82, 2.24) is 14.8 Å². The standard InChI is InChI=1S/C12H15BrN4/c1-4-10-11(7-17(3)16-10)15-12-5-8(2)9(13)6-14-12/h5-7H,4H2,1-3H3,(H,14,15). The summed E-state index contributed by atoms with van der Waals surface area (Å²) < 4.78 is 2.83. The number of anilines is 2. The first kappa shape index (κ1) is 12.1. The number of nitrogens with one attached hydrogen (secondary N) is 1. The van der Waals surface area contributed by atoms with E-state index in [9.17, 15) is 0 Å². The van der Waals surface area contributed by atoms with Crippen molar-refractivity contribution in [3.8, 4) is 0 Å². The lowest BCUT2D eigenvalue weighted by Crippen LogP contribution is -1.96. The van der Waals surface area contributed by atoms with Crippen molar-refractivity contribution < 1.29 is 0 Å². The molecule has 0 radical (unpaired) electrons. The molecule has 4 nitrogen and oxygen atoms in total. The normalized spacial score (nSPS) is 10.6. The monoisotopic (exact) mass is 294 g/mol. The molecule has 1 N–H and O–H groups in total. The molecule has 2 heterocycles. The molecule has 0 fully saturated rings. The van der Waals surface area contributed by atoms with Gasteiger partial charge in [0.2, 0.25) is 0 Å². The average Bonchev–Trinajstić information content (AvgIpc) is 2.64. The van der Waals surface area contributed by atoms with Crippen LogP contribution in [-0.2, 0) is 13.5 Å². The van der Waals surface area contributed by atoms with Crippen LogP contribution in [0.5, 0.6) is 0 Å². The molecule has 0 saturated carbocycles. The largest absolute Gasteiger partial charge is 0.337 e. The highest BCUT2D eigenvalue weighted by Crippen LogP contribution is 2.22. The predicted octanol–water partition coefficient (Wildman–Crippen LogP) is 3.19. The zero-order chi connectivity index (χ0) is 12.4. The maximum atomic E-state index is 4.38. The van der Waals surface area contributed by atoms with Gasteiger partial charge in [-0.2, -0.15) is 5.10 Å². The van der Waals surface area contributed by atoms with Crippen LogP contribution >= 0.6 is 15.9 Å². The van der Waals surface area contributed by atoms with E-state index in [4.69, 9.17) is 0 Å². The Hall–Kier alpha value is -1.36. The fourth-order valence-corrected chi connectivity index (χ4v) is 1.86. The minimum atomic E-state index is 0.841. The predicted molar refractivity (Wildman–Crippen MR) is 72.5 cm³/mol. The van der Waals surface area contributed by atoms with Gasteiger partial charge in [-0.25, -0.2) is 4.98 Å². The van der Waals surface area contributed by atoms with Gasteiger partial charge in [0.05, 0.1) is 11.4 Å². The Balaban J connectivity index is 2.27. The maximum absolute atomic E-state index is 4.38. The van der Waals surface area contributed by atoms with Gasteiger partial charge in [-0.3, -0.25) is 4.68 Å². The van der Waals surface area contributed by atoms with Crippen LogP contribution in [0.3, 0.4) is 0 Å². The van der Waals surface area contributed by atoms with Crippen molar-refractivity contribution in [2.24, 2.45) is 7.05 Å². The number of nitrogens with zero attached hydrogens (tertiary/aromatic N) is 3. The molecule has 0 amide bonds. The molecule has 0 atom stereocenters. The highest BCUT2D eigenvalue weighted by Gasteiger charge is 2.07. The molecule has 0 aliphatic heterocycles. The molecule has 0 spiro atoms. The van der Waals surface area contributed by atoms with Gasteiger partial charge in [-0.05, 0) is 40.9 Å². The molecule has 5 heteroatoms. The van der Waals surface area contributed by atoms with Crippen molar-refractivity contribution in [2.75, 3.05) is 5.32 Å². The van der Waals surface area contributed by atoms with E-state index in [-0.39, 0.29) is 0 Å². The van der Waals surface area contributed by atoms with Crippen molar-refractivity contribution in [2.45, 2.75) is 20.3 Å². The third kappa shape index (κ3) is 2.66. The van der Waals surface area contributed by atoms with Crippen molar-refractivity contribution in [1.29, 1.82) is 0 Å². The lowest BCUT2D eigenvalue weighted by molar-refractivity contribution is 0.746.